The molecule has 2 atom stereocenters. The molecule has 1 amide bonds. The number of amides is 1. The number of aromatic hydroxyl groups is 1. The van der Waals surface area contributed by atoms with E-state index < -0.39 is 11.1 Å². The number of para-hydroxylation sites is 1. The quantitative estimate of drug-likeness (QED) is 0.362. The Balaban J connectivity index is 1.68. The van der Waals surface area contributed by atoms with Crippen LogP contribution in [0.25, 0.3) is 0 Å². The fraction of sp³-hybridized carbons (Fsp3) is 0.435. The Kier molecular flexibility index (Phi) is 6.57. The topological polar surface area (TPSA) is 130 Å². The molecule has 3 aromatic rings. The van der Waals surface area contributed by atoms with Crippen molar-refractivity contribution in [3.63, 3.8) is 0 Å². The van der Waals surface area contributed by atoms with Gasteiger partial charge in [0.05, 0.1) is 11.3 Å². The molecule has 3 N–H and O–H groups in total. The summed E-state index contributed by atoms with van der Waals surface area (Å²) >= 11 is -1.71. The molecular formula is C23H29N5O4S. The molecule has 176 valence electrons. The number of anilines is 2. The number of hydrogen-bond donors (Lipinski definition) is 3. The maximum absolute atomic E-state index is 12.8. The van der Waals surface area contributed by atoms with Crippen LogP contribution in [0, 0.1) is 19.8 Å². The number of carbonyl (C=O) groups excluding carboxylic acids is 1. The molecule has 0 saturated carbocycles. The molecular weight excluding hydrogens is 442 g/mol. The first-order valence-corrected chi connectivity index (χ1v) is 12.2. The first kappa shape index (κ1) is 23.1. The van der Waals surface area contributed by atoms with Gasteiger partial charge in [0, 0.05) is 17.5 Å². The van der Waals surface area contributed by atoms with Gasteiger partial charge in [0.2, 0.25) is 11.3 Å². The Morgan fingerprint density at radius 2 is 2.06 bits per heavy atom. The summed E-state index contributed by atoms with van der Waals surface area (Å²) in [6.07, 6.45) is 1.93. The fourth-order valence-corrected chi connectivity index (χ4v) is 4.57. The number of nitrogens with zero attached hydrogens (tertiary/aromatic N) is 3. The minimum absolute atomic E-state index is 0.106. The number of carbonyl (C=O) groups is 1. The van der Waals surface area contributed by atoms with Gasteiger partial charge in [-0.05, 0) is 56.4 Å². The monoisotopic (exact) mass is 471 g/mol. The molecule has 0 spiro atoms. The number of H-pyrrole nitrogens is 1. The van der Waals surface area contributed by atoms with Crippen LogP contribution in [0.15, 0.2) is 33.7 Å². The van der Waals surface area contributed by atoms with Crippen molar-refractivity contribution in [1.29, 1.82) is 0 Å². The van der Waals surface area contributed by atoms with E-state index in [0.717, 1.165) is 24.2 Å². The smallest absolute Gasteiger partial charge is 0.257 e. The van der Waals surface area contributed by atoms with Crippen LogP contribution in [0.1, 0.15) is 60.2 Å². The van der Waals surface area contributed by atoms with Gasteiger partial charge in [0.25, 0.3) is 5.91 Å². The molecule has 4 rings (SSSR count). The van der Waals surface area contributed by atoms with Crippen molar-refractivity contribution in [2.24, 2.45) is 10.9 Å². The summed E-state index contributed by atoms with van der Waals surface area (Å²) in [4.78, 5) is 19.3. The Morgan fingerprint density at radius 1 is 1.33 bits per heavy atom. The van der Waals surface area contributed by atoms with Gasteiger partial charge < -0.3 is 24.3 Å². The molecule has 1 fully saturated rings. The van der Waals surface area contributed by atoms with Gasteiger partial charge >= 0.3 is 0 Å². The van der Waals surface area contributed by atoms with E-state index in [1.54, 1.807) is 23.1 Å². The van der Waals surface area contributed by atoms with Crippen LogP contribution < -0.4 is 10.8 Å². The number of nitrogens with one attached hydrogen (secondary N) is 2. The van der Waals surface area contributed by atoms with Crippen LogP contribution in [0.4, 0.5) is 11.5 Å². The Labute approximate surface area is 195 Å². The summed E-state index contributed by atoms with van der Waals surface area (Å²) in [6.45, 7) is 9.30. The molecule has 1 saturated heterocycles. The van der Waals surface area contributed by atoms with Crippen molar-refractivity contribution < 1.29 is 18.9 Å². The standard InChI is InChI=1S/C23H29N5O4S/c1-13(2)19(18-12-14(3)15(4)32-18)25-22-21(26-33(31)27-22)24-17-9-7-8-16(20(17)29)23(30)28-10-5-6-11-28/h7-9,12-13,19,29H,5-6,10-11H2,1-4H3,(H,24,26)(H,25,27). The molecule has 1 aliphatic heterocycles. The van der Waals surface area contributed by atoms with Crippen molar-refractivity contribution in [2.75, 3.05) is 18.4 Å². The number of rotatable bonds is 6. The summed E-state index contributed by atoms with van der Waals surface area (Å²) in [5.41, 5.74) is 1.84. The molecule has 0 radical (unpaired) electrons. The van der Waals surface area contributed by atoms with Gasteiger partial charge in [0.15, 0.2) is 16.9 Å². The number of hydrogen-bond acceptors (Lipinski definition) is 7. The summed E-state index contributed by atoms with van der Waals surface area (Å²) in [5, 5.41) is 13.8. The molecule has 2 unspecified atom stereocenters. The maximum Gasteiger partial charge on any atom is 0.257 e. The zero-order chi connectivity index (χ0) is 23.7. The molecule has 33 heavy (non-hydrogen) atoms. The van der Waals surface area contributed by atoms with Crippen molar-refractivity contribution in [3.05, 3.63) is 52.4 Å². The number of furan rings is 1. The number of phenols is 1. The van der Waals surface area contributed by atoms with E-state index in [1.165, 1.54) is 0 Å². The number of aryl methyl sites for hydroxylation is 2. The van der Waals surface area contributed by atoms with Gasteiger partial charge in [-0.1, -0.05) is 19.9 Å². The minimum Gasteiger partial charge on any atom is -0.548 e. The highest BCUT2D eigenvalue weighted by Gasteiger charge is 2.25. The maximum atomic E-state index is 12.8. The van der Waals surface area contributed by atoms with Crippen molar-refractivity contribution >= 4 is 28.6 Å². The number of benzene rings is 1. The lowest BCUT2D eigenvalue weighted by Crippen LogP contribution is -2.27. The van der Waals surface area contributed by atoms with Gasteiger partial charge in [0.1, 0.15) is 17.6 Å². The SMILES string of the molecule is Cc1cc(C(N=c2[nH][s+]([O-])nc2Nc2cccc(C(=O)N3CCCC3)c2O)C(C)C)oc1C. The summed E-state index contributed by atoms with van der Waals surface area (Å²) in [5.74, 6) is 1.49. The van der Waals surface area contributed by atoms with Gasteiger partial charge in [-0.25, -0.2) is 4.99 Å². The van der Waals surface area contributed by atoms with Crippen molar-refractivity contribution in [3.8, 4) is 5.75 Å². The predicted octanol–water partition coefficient (Wildman–Crippen LogP) is 4.33. The number of likely N-dealkylation sites (tertiary alicyclic amines) is 1. The molecule has 3 heterocycles. The third-order valence-electron chi connectivity index (χ3n) is 5.87. The largest absolute Gasteiger partial charge is 0.548 e. The van der Waals surface area contributed by atoms with E-state index in [1.807, 2.05) is 33.8 Å². The molecule has 0 aliphatic carbocycles. The van der Waals surface area contributed by atoms with Crippen LogP contribution >= 0.6 is 11.1 Å². The molecule has 10 heteroatoms. The van der Waals surface area contributed by atoms with E-state index in [-0.39, 0.29) is 40.7 Å². The summed E-state index contributed by atoms with van der Waals surface area (Å²) in [7, 11) is 0. The second-order valence-electron chi connectivity index (χ2n) is 8.67. The van der Waals surface area contributed by atoms with E-state index >= 15 is 0 Å². The summed E-state index contributed by atoms with van der Waals surface area (Å²) in [6, 6.07) is 6.56. The average Bonchev–Trinajstić information content (AvgIpc) is 3.49. The van der Waals surface area contributed by atoms with E-state index in [9.17, 15) is 14.5 Å². The number of aromatic amines is 1. The Bertz CT molecular complexity index is 1200. The fourth-order valence-electron chi connectivity index (χ4n) is 3.91. The van der Waals surface area contributed by atoms with Gasteiger partial charge in [-0.3, -0.25) is 4.79 Å². The number of aromatic nitrogens is 2. The highest BCUT2D eigenvalue weighted by Crippen LogP contribution is 2.32. The third kappa shape index (κ3) is 4.81. The Hall–Kier alpha value is -3.11. The zero-order valence-corrected chi connectivity index (χ0v) is 20.0. The predicted molar refractivity (Wildman–Crippen MR) is 125 cm³/mol. The second kappa shape index (κ2) is 9.40. The lowest BCUT2D eigenvalue weighted by atomic mass is 10.0. The molecule has 0 bridgehead atoms. The Morgan fingerprint density at radius 3 is 2.70 bits per heavy atom. The van der Waals surface area contributed by atoms with E-state index in [0.29, 0.717) is 24.3 Å². The van der Waals surface area contributed by atoms with Crippen molar-refractivity contribution in [2.45, 2.75) is 46.6 Å². The average molecular weight is 472 g/mol. The second-order valence-corrected chi connectivity index (χ2v) is 9.56. The van der Waals surface area contributed by atoms with Crippen molar-refractivity contribution in [1.82, 2.24) is 13.6 Å². The molecule has 1 aromatic carbocycles. The van der Waals surface area contributed by atoms with E-state index in [2.05, 4.69) is 14.1 Å². The lowest BCUT2D eigenvalue weighted by Gasteiger charge is -2.17. The van der Waals surface area contributed by atoms with Gasteiger partial charge in [-0.15, -0.1) is 4.37 Å². The first-order valence-electron chi connectivity index (χ1n) is 11.0. The first-order chi connectivity index (χ1) is 15.7. The minimum atomic E-state index is -1.71. The van der Waals surface area contributed by atoms with Crippen LogP contribution in [-0.2, 0) is 0 Å². The zero-order valence-electron chi connectivity index (χ0n) is 19.2. The number of phenolic OH excluding ortho intramolecular Hbond substituents is 1. The normalized spacial score (nSPS) is 16.0. The highest BCUT2D eigenvalue weighted by molar-refractivity contribution is 7.13. The molecule has 2 aromatic heterocycles. The molecule has 1 aliphatic rings. The summed E-state index contributed by atoms with van der Waals surface area (Å²) < 4.78 is 24.9. The third-order valence-corrected chi connectivity index (χ3v) is 6.59. The van der Waals surface area contributed by atoms with Gasteiger partial charge in [-0.2, -0.15) is 0 Å². The van der Waals surface area contributed by atoms with Crippen LogP contribution in [0.2, 0.25) is 0 Å². The van der Waals surface area contributed by atoms with E-state index in [4.69, 9.17) is 9.41 Å². The highest BCUT2D eigenvalue weighted by atomic mass is 32.2. The van der Waals surface area contributed by atoms with Crippen LogP contribution in [-0.4, -0.2) is 42.3 Å². The van der Waals surface area contributed by atoms with Crippen LogP contribution in [0.3, 0.4) is 0 Å². The van der Waals surface area contributed by atoms with Crippen LogP contribution in [0.5, 0.6) is 5.75 Å². The molecule has 9 nitrogen and oxygen atoms in total. The lowest BCUT2D eigenvalue weighted by molar-refractivity contribution is 0.0790.